The van der Waals surface area contributed by atoms with Crippen molar-refractivity contribution in [2.24, 2.45) is 0 Å². The minimum absolute atomic E-state index is 0.154. The van der Waals surface area contributed by atoms with Crippen LogP contribution in [0.3, 0.4) is 0 Å². The smallest absolute Gasteiger partial charge is 0.328 e. The van der Waals surface area contributed by atoms with Crippen LogP contribution in [0.2, 0.25) is 0 Å². The van der Waals surface area contributed by atoms with E-state index >= 15 is 0 Å². The van der Waals surface area contributed by atoms with Gasteiger partial charge in [0.1, 0.15) is 6.04 Å². The van der Waals surface area contributed by atoms with E-state index in [0.717, 1.165) is 0 Å². The Hall–Kier alpha value is -1.60. The lowest BCUT2D eigenvalue weighted by atomic mass is 10.1. The maximum absolute atomic E-state index is 12.4. The molecule has 1 aliphatic rings. The summed E-state index contributed by atoms with van der Waals surface area (Å²) < 4.78 is 30.7. The first-order valence-corrected chi connectivity index (χ1v) is 8.61. The number of benzene rings is 1. The van der Waals surface area contributed by atoms with Crippen LogP contribution in [-0.4, -0.2) is 27.8 Å². The third kappa shape index (κ3) is 4.45. The van der Waals surface area contributed by atoms with Crippen LogP contribution in [0.15, 0.2) is 18.2 Å². The molecule has 0 aliphatic carbocycles. The molecule has 128 valence electrons. The Balaban J connectivity index is 2.29. The lowest BCUT2D eigenvalue weighted by Gasteiger charge is -2.24. The third-order valence-corrected chi connectivity index (χ3v) is 4.66. The molecule has 0 bridgehead atoms. The molecule has 1 aromatic carbocycles. The molecule has 1 aromatic rings. The molecular formula is C16H23NO5S. The SMILES string of the molecule is CC(C)OC(=O)[C@H](NS(=O)C(C)(C)C)c1ccc2c(c1)OCO2. The van der Waals surface area contributed by atoms with Crippen LogP contribution in [0.1, 0.15) is 46.2 Å². The zero-order chi connectivity index (χ0) is 17.2. The second-order valence-corrected chi connectivity index (χ2v) is 8.53. The molecule has 0 radical (unpaired) electrons. The predicted octanol–water partition coefficient (Wildman–Crippen LogP) is 2.46. The zero-order valence-corrected chi connectivity index (χ0v) is 14.9. The Morgan fingerprint density at radius 3 is 2.52 bits per heavy atom. The van der Waals surface area contributed by atoms with Crippen molar-refractivity contribution in [3.05, 3.63) is 23.8 Å². The van der Waals surface area contributed by atoms with Crippen molar-refractivity contribution >= 4 is 17.0 Å². The van der Waals surface area contributed by atoms with E-state index in [9.17, 15) is 9.00 Å². The molecule has 0 saturated heterocycles. The minimum atomic E-state index is -1.42. The van der Waals surface area contributed by atoms with Gasteiger partial charge in [0.25, 0.3) is 0 Å². The standard InChI is InChI=1S/C16H23NO5S/c1-10(2)22-15(18)14(17-23(19)16(3,4)5)11-6-7-12-13(8-11)21-9-20-12/h6-8,10,14,17H,9H2,1-5H3/t14-,23?/m1/s1. The summed E-state index contributed by atoms with van der Waals surface area (Å²) in [6.07, 6.45) is -0.260. The highest BCUT2D eigenvalue weighted by molar-refractivity contribution is 7.84. The van der Waals surface area contributed by atoms with Crippen molar-refractivity contribution in [1.29, 1.82) is 0 Å². The number of fused-ring (bicyclic) bond motifs is 1. The van der Waals surface area contributed by atoms with Gasteiger partial charge >= 0.3 is 5.97 Å². The van der Waals surface area contributed by atoms with E-state index in [-0.39, 0.29) is 12.9 Å². The van der Waals surface area contributed by atoms with Gasteiger partial charge in [-0.25, -0.2) is 13.7 Å². The molecule has 23 heavy (non-hydrogen) atoms. The van der Waals surface area contributed by atoms with Gasteiger partial charge in [-0.05, 0) is 52.3 Å². The molecule has 1 N–H and O–H groups in total. The first kappa shape index (κ1) is 17.7. The second kappa shape index (κ2) is 6.88. The van der Waals surface area contributed by atoms with E-state index in [4.69, 9.17) is 14.2 Å². The van der Waals surface area contributed by atoms with Gasteiger partial charge in [0.2, 0.25) is 6.79 Å². The summed E-state index contributed by atoms with van der Waals surface area (Å²) in [5, 5.41) is 0. The van der Waals surface area contributed by atoms with E-state index in [1.165, 1.54) is 0 Å². The van der Waals surface area contributed by atoms with Gasteiger partial charge in [0, 0.05) is 0 Å². The fourth-order valence-electron chi connectivity index (χ4n) is 1.93. The van der Waals surface area contributed by atoms with Crippen molar-refractivity contribution in [3.63, 3.8) is 0 Å². The zero-order valence-electron chi connectivity index (χ0n) is 14.0. The number of hydrogen-bond acceptors (Lipinski definition) is 5. The summed E-state index contributed by atoms with van der Waals surface area (Å²) >= 11 is 0. The van der Waals surface area contributed by atoms with Crippen molar-refractivity contribution in [3.8, 4) is 11.5 Å². The summed E-state index contributed by atoms with van der Waals surface area (Å²) in [7, 11) is -1.42. The summed E-state index contributed by atoms with van der Waals surface area (Å²) in [6.45, 7) is 9.20. The van der Waals surface area contributed by atoms with Crippen molar-refractivity contribution in [1.82, 2.24) is 4.72 Å². The first-order chi connectivity index (χ1) is 10.7. The fraction of sp³-hybridized carbons (Fsp3) is 0.562. The van der Waals surface area contributed by atoms with Crippen molar-refractivity contribution in [2.75, 3.05) is 6.79 Å². The van der Waals surface area contributed by atoms with Crippen LogP contribution >= 0.6 is 0 Å². The van der Waals surface area contributed by atoms with Gasteiger partial charge in [-0.15, -0.1) is 0 Å². The summed E-state index contributed by atoms with van der Waals surface area (Å²) in [5.74, 6) is 0.714. The highest BCUT2D eigenvalue weighted by Gasteiger charge is 2.30. The van der Waals surface area contributed by atoms with Crippen LogP contribution in [0.4, 0.5) is 0 Å². The highest BCUT2D eigenvalue weighted by atomic mass is 32.2. The number of carbonyl (C=O) groups is 1. The Bertz CT molecular complexity index is 609. The van der Waals surface area contributed by atoms with Gasteiger partial charge in [-0.2, -0.15) is 0 Å². The molecule has 0 aromatic heterocycles. The van der Waals surface area contributed by atoms with E-state index in [0.29, 0.717) is 17.1 Å². The monoisotopic (exact) mass is 341 g/mol. The summed E-state index contributed by atoms with van der Waals surface area (Å²) in [4.78, 5) is 12.4. The minimum Gasteiger partial charge on any atom is -0.462 e. The van der Waals surface area contributed by atoms with E-state index in [1.54, 1.807) is 32.0 Å². The first-order valence-electron chi connectivity index (χ1n) is 7.46. The van der Waals surface area contributed by atoms with Gasteiger partial charge in [-0.3, -0.25) is 0 Å². The van der Waals surface area contributed by atoms with E-state index < -0.39 is 27.7 Å². The number of nitrogens with one attached hydrogen (secondary N) is 1. The van der Waals surface area contributed by atoms with Gasteiger partial charge in [0.15, 0.2) is 11.5 Å². The lowest BCUT2D eigenvalue weighted by molar-refractivity contribution is -0.149. The summed E-state index contributed by atoms with van der Waals surface area (Å²) in [6, 6.07) is 4.34. The lowest BCUT2D eigenvalue weighted by Crippen LogP contribution is -2.39. The van der Waals surface area contributed by atoms with Gasteiger partial charge < -0.3 is 14.2 Å². The molecule has 6 nitrogen and oxygen atoms in total. The Morgan fingerprint density at radius 1 is 1.26 bits per heavy atom. The molecule has 0 spiro atoms. The second-order valence-electron chi connectivity index (χ2n) is 6.53. The predicted molar refractivity (Wildman–Crippen MR) is 87.6 cm³/mol. The van der Waals surface area contributed by atoms with Crippen LogP contribution in [0.5, 0.6) is 11.5 Å². The molecular weight excluding hydrogens is 318 g/mol. The largest absolute Gasteiger partial charge is 0.462 e. The molecule has 7 heteroatoms. The quantitative estimate of drug-likeness (QED) is 0.833. The number of ether oxygens (including phenoxy) is 3. The van der Waals surface area contributed by atoms with E-state index in [2.05, 4.69) is 4.72 Å². The van der Waals surface area contributed by atoms with Crippen LogP contribution < -0.4 is 14.2 Å². The number of hydrogen-bond donors (Lipinski definition) is 1. The average Bonchev–Trinajstić information content (AvgIpc) is 2.89. The Labute approximate surface area is 139 Å². The van der Waals surface area contributed by atoms with E-state index in [1.807, 2.05) is 20.8 Å². The fourth-order valence-corrected chi connectivity index (χ4v) is 2.73. The molecule has 0 amide bonds. The molecule has 1 heterocycles. The molecule has 1 unspecified atom stereocenters. The van der Waals surface area contributed by atoms with Crippen molar-refractivity contribution < 1.29 is 23.2 Å². The van der Waals surface area contributed by atoms with Crippen LogP contribution in [0, 0.1) is 0 Å². The molecule has 0 saturated carbocycles. The Kier molecular flexibility index (Phi) is 5.31. The molecule has 2 atom stereocenters. The molecule has 0 fully saturated rings. The maximum Gasteiger partial charge on any atom is 0.328 e. The van der Waals surface area contributed by atoms with Gasteiger partial charge in [-0.1, -0.05) is 6.07 Å². The topological polar surface area (TPSA) is 73.9 Å². The molecule has 2 rings (SSSR count). The van der Waals surface area contributed by atoms with Crippen LogP contribution in [0.25, 0.3) is 0 Å². The van der Waals surface area contributed by atoms with Crippen molar-refractivity contribution in [2.45, 2.75) is 51.5 Å². The number of rotatable bonds is 5. The van der Waals surface area contributed by atoms with Gasteiger partial charge in [0.05, 0.1) is 21.8 Å². The Morgan fingerprint density at radius 2 is 1.91 bits per heavy atom. The maximum atomic E-state index is 12.4. The number of esters is 1. The third-order valence-electron chi connectivity index (χ3n) is 3.10. The molecule has 1 aliphatic heterocycles. The highest BCUT2D eigenvalue weighted by Crippen LogP contribution is 2.34. The normalized spacial score (nSPS) is 16.3. The van der Waals surface area contributed by atoms with Crippen LogP contribution in [-0.2, 0) is 20.5 Å². The number of carbonyl (C=O) groups excluding carboxylic acids is 1. The average molecular weight is 341 g/mol. The summed E-state index contributed by atoms with van der Waals surface area (Å²) in [5.41, 5.74) is 0.623.